The van der Waals surface area contributed by atoms with Crippen LogP contribution >= 0.6 is 0 Å². The van der Waals surface area contributed by atoms with Crippen LogP contribution < -0.4 is 5.23 Å². The molecule has 0 fully saturated rings. The molecule has 0 radical (unpaired) electrons. The van der Waals surface area contributed by atoms with Crippen LogP contribution in [0.15, 0.2) is 24.3 Å². The molecule has 0 heterocycles. The molecule has 0 saturated heterocycles. The van der Waals surface area contributed by atoms with Gasteiger partial charge in [-0.05, 0) is 37.9 Å². The number of hydrogen-bond donors (Lipinski definition) is 3. The minimum absolute atomic E-state index is 0.0195. The Hall–Kier alpha value is -1.33. The molecule has 0 spiro atoms. The normalized spacial score (nSPS) is 11.2. The summed E-state index contributed by atoms with van der Waals surface area (Å²) in [6, 6.07) is 6.28. The maximum atomic E-state index is 11.3. The van der Waals surface area contributed by atoms with E-state index in [0.717, 1.165) is 5.56 Å². The summed E-state index contributed by atoms with van der Waals surface area (Å²) in [5.74, 6) is 0.181. The lowest BCUT2D eigenvalue weighted by Gasteiger charge is -2.16. The van der Waals surface area contributed by atoms with Crippen molar-refractivity contribution in [1.29, 1.82) is 0 Å². The van der Waals surface area contributed by atoms with Crippen LogP contribution in [0.2, 0.25) is 6.82 Å². The second-order valence-electron chi connectivity index (χ2n) is 3.88. The van der Waals surface area contributed by atoms with Gasteiger partial charge < -0.3 is 15.4 Å². The van der Waals surface area contributed by atoms with Gasteiger partial charge >= 0.3 is 7.05 Å². The Kier molecular flexibility index (Phi) is 8.08. The zero-order chi connectivity index (χ0) is 14.1. The van der Waals surface area contributed by atoms with Crippen molar-refractivity contribution >= 4 is 12.8 Å². The SMILES string of the molecule is CB(O)NC(Cc1ccc(O)cc1)C(C)=O.CC. The second kappa shape index (κ2) is 8.72. The van der Waals surface area contributed by atoms with Crippen LogP contribution in [-0.4, -0.2) is 29.0 Å². The first-order valence-electron chi connectivity index (χ1n) is 6.21. The van der Waals surface area contributed by atoms with Crippen LogP contribution in [0.3, 0.4) is 0 Å². The summed E-state index contributed by atoms with van der Waals surface area (Å²) in [7, 11) is -0.717. The van der Waals surface area contributed by atoms with Gasteiger partial charge in [0.1, 0.15) is 11.5 Å². The Morgan fingerprint density at radius 3 is 2.22 bits per heavy atom. The topological polar surface area (TPSA) is 69.6 Å². The van der Waals surface area contributed by atoms with Gasteiger partial charge in [-0.25, -0.2) is 0 Å². The number of rotatable bonds is 5. The molecule has 18 heavy (non-hydrogen) atoms. The van der Waals surface area contributed by atoms with E-state index in [-0.39, 0.29) is 11.5 Å². The third-order valence-electron chi connectivity index (χ3n) is 2.31. The van der Waals surface area contributed by atoms with Gasteiger partial charge in [0.2, 0.25) is 0 Å². The molecular formula is C13H22BNO3. The molecule has 1 aromatic carbocycles. The van der Waals surface area contributed by atoms with Crippen molar-refractivity contribution in [3.63, 3.8) is 0 Å². The summed E-state index contributed by atoms with van der Waals surface area (Å²) in [6.45, 7) is 7.06. The Balaban J connectivity index is 0.00000137. The van der Waals surface area contributed by atoms with Gasteiger partial charge in [-0.3, -0.25) is 4.79 Å². The van der Waals surface area contributed by atoms with Gasteiger partial charge in [0.05, 0.1) is 6.04 Å². The highest BCUT2D eigenvalue weighted by molar-refractivity contribution is 6.46. The first kappa shape index (κ1) is 16.7. The molecule has 0 aliphatic heterocycles. The number of phenolic OH excluding ortho intramolecular Hbond substituents is 1. The number of carbonyl (C=O) groups excluding carboxylic acids is 1. The fourth-order valence-electron chi connectivity index (χ4n) is 1.48. The number of phenols is 1. The van der Waals surface area contributed by atoms with Crippen LogP contribution in [0.5, 0.6) is 5.75 Å². The van der Waals surface area contributed by atoms with E-state index in [1.165, 1.54) is 6.92 Å². The molecule has 1 rings (SSSR count). The minimum atomic E-state index is -0.717. The van der Waals surface area contributed by atoms with Gasteiger partial charge in [-0.2, -0.15) is 0 Å². The van der Waals surface area contributed by atoms with Crippen molar-refractivity contribution in [2.24, 2.45) is 0 Å². The molecule has 1 atom stereocenters. The van der Waals surface area contributed by atoms with Crippen molar-refractivity contribution in [1.82, 2.24) is 5.23 Å². The summed E-state index contributed by atoms with van der Waals surface area (Å²) >= 11 is 0. The molecule has 0 amide bonds. The summed E-state index contributed by atoms with van der Waals surface area (Å²) in [4.78, 5) is 11.3. The quantitative estimate of drug-likeness (QED) is 0.695. The molecule has 0 aliphatic rings. The van der Waals surface area contributed by atoms with E-state index in [4.69, 9.17) is 5.11 Å². The molecule has 0 aromatic heterocycles. The number of ketones is 1. The van der Waals surface area contributed by atoms with E-state index in [9.17, 15) is 9.82 Å². The maximum absolute atomic E-state index is 11.3. The Labute approximate surface area is 109 Å². The lowest BCUT2D eigenvalue weighted by Crippen LogP contribution is -2.45. The van der Waals surface area contributed by atoms with Crippen LogP contribution in [0, 0.1) is 0 Å². The molecule has 5 heteroatoms. The largest absolute Gasteiger partial charge is 0.508 e. The van der Waals surface area contributed by atoms with E-state index in [0.29, 0.717) is 6.42 Å². The predicted molar refractivity (Wildman–Crippen MR) is 74.6 cm³/mol. The number of Topliss-reactive ketones (excluding diaryl/α,β-unsaturated/α-hetero) is 1. The zero-order valence-electron chi connectivity index (χ0n) is 11.5. The van der Waals surface area contributed by atoms with Gasteiger partial charge in [0.25, 0.3) is 0 Å². The third kappa shape index (κ3) is 6.42. The lowest BCUT2D eigenvalue weighted by molar-refractivity contribution is -0.118. The molecule has 1 aromatic rings. The van der Waals surface area contributed by atoms with Crippen molar-refractivity contribution in [2.45, 2.75) is 40.1 Å². The fourth-order valence-corrected chi connectivity index (χ4v) is 1.48. The van der Waals surface area contributed by atoms with Crippen LogP contribution in [0.4, 0.5) is 0 Å². The highest BCUT2D eigenvalue weighted by atomic mass is 16.3. The second-order valence-corrected chi connectivity index (χ2v) is 3.88. The van der Waals surface area contributed by atoms with Crippen molar-refractivity contribution < 1.29 is 14.9 Å². The summed E-state index contributed by atoms with van der Waals surface area (Å²) in [5.41, 5.74) is 0.936. The van der Waals surface area contributed by atoms with Crippen LogP contribution in [0.25, 0.3) is 0 Å². The number of aromatic hydroxyl groups is 1. The smallest absolute Gasteiger partial charge is 0.374 e. The molecule has 4 nitrogen and oxygen atoms in total. The van der Waals surface area contributed by atoms with Crippen LogP contribution in [0.1, 0.15) is 26.3 Å². The maximum Gasteiger partial charge on any atom is 0.374 e. The molecule has 1 unspecified atom stereocenters. The number of carbonyl (C=O) groups is 1. The van der Waals surface area contributed by atoms with E-state index >= 15 is 0 Å². The predicted octanol–water partition coefficient (Wildman–Crippen LogP) is 1.62. The molecule has 0 aliphatic carbocycles. The average Bonchev–Trinajstić information content (AvgIpc) is 2.33. The highest BCUT2D eigenvalue weighted by Gasteiger charge is 2.17. The van der Waals surface area contributed by atoms with E-state index in [2.05, 4.69) is 5.23 Å². The van der Waals surface area contributed by atoms with Gasteiger partial charge in [-0.1, -0.05) is 26.0 Å². The van der Waals surface area contributed by atoms with E-state index < -0.39 is 13.1 Å². The van der Waals surface area contributed by atoms with E-state index in [1.54, 1.807) is 31.1 Å². The monoisotopic (exact) mass is 251 g/mol. The summed E-state index contributed by atoms with van der Waals surface area (Å²) in [6.07, 6.45) is 0.501. The molecule has 3 N–H and O–H groups in total. The number of benzene rings is 1. The molecule has 100 valence electrons. The number of nitrogens with one attached hydrogen (secondary N) is 1. The Morgan fingerprint density at radius 2 is 1.83 bits per heavy atom. The zero-order valence-corrected chi connectivity index (χ0v) is 11.5. The standard InChI is InChI=1S/C11H16BNO3.C2H6/c1-8(14)11(13-12(2)16)7-9-3-5-10(15)6-4-9;1-2/h3-6,11,13,15-16H,7H2,1-2H3;1-2H3. The Bertz CT molecular complexity index is 352. The average molecular weight is 251 g/mol. The van der Waals surface area contributed by atoms with Crippen LogP contribution in [-0.2, 0) is 11.2 Å². The molecule has 0 saturated carbocycles. The van der Waals surface area contributed by atoms with Crippen molar-refractivity contribution in [3.8, 4) is 5.75 Å². The first-order chi connectivity index (χ1) is 8.49. The molecule has 0 bridgehead atoms. The lowest BCUT2D eigenvalue weighted by atomic mass is 9.85. The summed E-state index contributed by atoms with van der Waals surface area (Å²) in [5, 5.41) is 21.1. The molecular weight excluding hydrogens is 229 g/mol. The van der Waals surface area contributed by atoms with Crippen molar-refractivity contribution in [3.05, 3.63) is 29.8 Å². The third-order valence-corrected chi connectivity index (χ3v) is 2.31. The van der Waals surface area contributed by atoms with Gasteiger partial charge in [0.15, 0.2) is 0 Å². The first-order valence-corrected chi connectivity index (χ1v) is 6.21. The fraction of sp³-hybridized carbons (Fsp3) is 0.462. The summed E-state index contributed by atoms with van der Waals surface area (Å²) < 4.78 is 0. The van der Waals surface area contributed by atoms with E-state index in [1.807, 2.05) is 13.8 Å². The van der Waals surface area contributed by atoms with Gasteiger partial charge in [0, 0.05) is 0 Å². The van der Waals surface area contributed by atoms with Crippen molar-refractivity contribution in [2.75, 3.05) is 0 Å². The number of hydrogen-bond acceptors (Lipinski definition) is 4. The minimum Gasteiger partial charge on any atom is -0.508 e. The Morgan fingerprint density at radius 1 is 1.33 bits per heavy atom. The van der Waals surface area contributed by atoms with Gasteiger partial charge in [-0.15, -0.1) is 0 Å². The highest BCUT2D eigenvalue weighted by Crippen LogP contribution is 2.11.